The molecule has 3 aliphatic rings. The summed E-state index contributed by atoms with van der Waals surface area (Å²) in [6, 6.07) is 8.45. The van der Waals surface area contributed by atoms with Crippen LogP contribution < -0.4 is 16.0 Å². The van der Waals surface area contributed by atoms with Crippen molar-refractivity contribution in [2.75, 3.05) is 11.9 Å². The van der Waals surface area contributed by atoms with Crippen LogP contribution in [0.2, 0.25) is 0 Å². The molecular weight excluding hydrogens is 466 g/mol. The molecule has 36 heavy (non-hydrogen) atoms. The van der Waals surface area contributed by atoms with Crippen molar-refractivity contribution >= 4 is 29.4 Å². The molecule has 5 nitrogen and oxygen atoms in total. The third-order valence-corrected chi connectivity index (χ3v) is 9.80. The number of rotatable bonds is 6. The van der Waals surface area contributed by atoms with Crippen molar-refractivity contribution in [3.05, 3.63) is 24.3 Å². The molecule has 1 aromatic carbocycles. The minimum Gasteiger partial charge on any atom is -0.385 e. The standard InChI is InChI=1S/C30H47N3O2S/c34-29-28(32-30(35)33-29)24-14-9-10-16-26(17-11-15-24)36-27-20-18-25(19-21-27)31-22-23-12-7-5-3-1-2-4-6-8-13-23/h18-21,23-24,26,28,31H,1-17,22H2,(H2,32,33,34,35). The fourth-order valence-corrected chi connectivity index (χ4v) is 7.52. The predicted molar refractivity (Wildman–Crippen MR) is 151 cm³/mol. The molecule has 1 aliphatic heterocycles. The minimum atomic E-state index is -0.331. The Morgan fingerprint density at radius 1 is 0.722 bits per heavy atom. The summed E-state index contributed by atoms with van der Waals surface area (Å²) in [5.41, 5.74) is 1.25. The summed E-state index contributed by atoms with van der Waals surface area (Å²) in [5, 5.41) is 9.60. The lowest BCUT2D eigenvalue weighted by atomic mass is 9.89. The van der Waals surface area contributed by atoms with Gasteiger partial charge in [-0.05, 0) is 74.6 Å². The summed E-state index contributed by atoms with van der Waals surface area (Å²) in [4.78, 5) is 25.0. The normalized spacial score (nSPS) is 27.6. The Morgan fingerprint density at radius 2 is 1.31 bits per heavy atom. The lowest BCUT2D eigenvalue weighted by Gasteiger charge is -2.20. The molecule has 2 aliphatic carbocycles. The van der Waals surface area contributed by atoms with Gasteiger partial charge in [0, 0.05) is 22.4 Å². The van der Waals surface area contributed by atoms with Crippen molar-refractivity contribution in [3.8, 4) is 0 Å². The Bertz CT molecular complexity index is 803. The number of thioether (sulfide) groups is 1. The summed E-state index contributed by atoms with van der Waals surface area (Å²) in [7, 11) is 0. The molecule has 3 atom stereocenters. The zero-order valence-corrected chi connectivity index (χ0v) is 22.9. The van der Waals surface area contributed by atoms with E-state index < -0.39 is 0 Å². The summed E-state index contributed by atoms with van der Waals surface area (Å²) < 4.78 is 0. The molecule has 3 amide bonds. The van der Waals surface area contributed by atoms with Crippen LogP contribution in [0.1, 0.15) is 109 Å². The Labute approximate surface area is 222 Å². The highest BCUT2D eigenvalue weighted by Crippen LogP contribution is 2.34. The van der Waals surface area contributed by atoms with Gasteiger partial charge in [0.2, 0.25) is 0 Å². The van der Waals surface area contributed by atoms with Gasteiger partial charge in [0.15, 0.2) is 0 Å². The number of anilines is 1. The van der Waals surface area contributed by atoms with Gasteiger partial charge in [-0.3, -0.25) is 10.1 Å². The third kappa shape index (κ3) is 9.00. The number of amides is 3. The van der Waals surface area contributed by atoms with Crippen LogP contribution in [0.5, 0.6) is 0 Å². The van der Waals surface area contributed by atoms with Crippen LogP contribution in [0.3, 0.4) is 0 Å². The monoisotopic (exact) mass is 513 g/mol. The second-order valence-electron chi connectivity index (χ2n) is 11.3. The summed E-state index contributed by atoms with van der Waals surface area (Å²) in [6.07, 6.45) is 22.0. The van der Waals surface area contributed by atoms with Crippen LogP contribution in [0.15, 0.2) is 29.2 Å². The molecule has 3 unspecified atom stereocenters. The van der Waals surface area contributed by atoms with E-state index in [-0.39, 0.29) is 23.9 Å². The van der Waals surface area contributed by atoms with Crippen molar-refractivity contribution in [2.45, 2.75) is 125 Å². The number of hydrogen-bond donors (Lipinski definition) is 3. The fraction of sp³-hybridized carbons (Fsp3) is 0.733. The molecule has 200 valence electrons. The van der Waals surface area contributed by atoms with Crippen LogP contribution in [-0.4, -0.2) is 29.8 Å². The van der Waals surface area contributed by atoms with Gasteiger partial charge >= 0.3 is 6.03 Å². The first-order valence-corrected chi connectivity index (χ1v) is 15.7. The highest BCUT2D eigenvalue weighted by molar-refractivity contribution is 8.00. The first-order valence-electron chi connectivity index (χ1n) is 14.8. The molecule has 0 radical (unpaired) electrons. The minimum absolute atomic E-state index is 0.139. The van der Waals surface area contributed by atoms with E-state index in [1.54, 1.807) is 0 Å². The quantitative estimate of drug-likeness (QED) is 0.342. The lowest BCUT2D eigenvalue weighted by Crippen LogP contribution is -2.37. The topological polar surface area (TPSA) is 70.2 Å². The van der Waals surface area contributed by atoms with Crippen LogP contribution in [0, 0.1) is 11.8 Å². The van der Waals surface area contributed by atoms with E-state index in [4.69, 9.17) is 0 Å². The Kier molecular flexibility index (Phi) is 11.3. The van der Waals surface area contributed by atoms with E-state index in [1.807, 2.05) is 11.8 Å². The lowest BCUT2D eigenvalue weighted by molar-refractivity contribution is -0.121. The van der Waals surface area contributed by atoms with Crippen LogP contribution in [0.4, 0.5) is 10.5 Å². The van der Waals surface area contributed by atoms with Crippen LogP contribution in [-0.2, 0) is 4.79 Å². The zero-order valence-electron chi connectivity index (χ0n) is 22.1. The number of imide groups is 1. The summed E-state index contributed by atoms with van der Waals surface area (Å²) in [5.74, 6) is 0.935. The molecular formula is C30H47N3O2S. The van der Waals surface area contributed by atoms with E-state index in [0.29, 0.717) is 5.25 Å². The number of urea groups is 1. The van der Waals surface area contributed by atoms with Gasteiger partial charge in [0.25, 0.3) is 5.91 Å². The molecule has 2 saturated carbocycles. The van der Waals surface area contributed by atoms with Crippen molar-refractivity contribution in [1.82, 2.24) is 10.6 Å². The maximum atomic E-state index is 12.1. The molecule has 0 aromatic heterocycles. The molecule has 3 fully saturated rings. The Balaban J connectivity index is 1.21. The molecule has 1 saturated heterocycles. The van der Waals surface area contributed by atoms with Gasteiger partial charge in [-0.15, -0.1) is 11.8 Å². The first kappa shape index (κ1) is 27.3. The molecule has 4 rings (SSSR count). The molecule has 1 aromatic rings. The highest BCUT2D eigenvalue weighted by Gasteiger charge is 2.35. The van der Waals surface area contributed by atoms with Gasteiger partial charge in [-0.1, -0.05) is 70.6 Å². The van der Waals surface area contributed by atoms with E-state index >= 15 is 0 Å². The highest BCUT2D eigenvalue weighted by atomic mass is 32.2. The van der Waals surface area contributed by atoms with Gasteiger partial charge in [-0.25, -0.2) is 4.79 Å². The van der Waals surface area contributed by atoms with E-state index in [0.717, 1.165) is 38.1 Å². The number of benzene rings is 1. The Morgan fingerprint density at radius 3 is 1.97 bits per heavy atom. The second kappa shape index (κ2) is 14.9. The predicted octanol–water partition coefficient (Wildman–Crippen LogP) is 7.66. The number of nitrogens with one attached hydrogen (secondary N) is 3. The third-order valence-electron chi connectivity index (χ3n) is 8.46. The fourth-order valence-electron chi connectivity index (χ4n) is 6.27. The molecule has 6 heteroatoms. The summed E-state index contributed by atoms with van der Waals surface area (Å²) in [6.45, 7) is 1.11. The van der Waals surface area contributed by atoms with Gasteiger partial charge in [0.05, 0.1) is 0 Å². The van der Waals surface area contributed by atoms with Crippen LogP contribution in [0.25, 0.3) is 0 Å². The summed E-state index contributed by atoms with van der Waals surface area (Å²) >= 11 is 2.02. The van der Waals surface area contributed by atoms with Crippen LogP contribution >= 0.6 is 11.8 Å². The van der Waals surface area contributed by atoms with Gasteiger partial charge < -0.3 is 10.6 Å². The average Bonchev–Trinajstić information content (AvgIpc) is 3.24. The van der Waals surface area contributed by atoms with Crippen molar-refractivity contribution in [2.24, 2.45) is 11.8 Å². The van der Waals surface area contributed by atoms with Crippen molar-refractivity contribution < 1.29 is 9.59 Å². The van der Waals surface area contributed by atoms with E-state index in [1.165, 1.54) is 94.1 Å². The maximum Gasteiger partial charge on any atom is 0.322 e. The van der Waals surface area contributed by atoms with Crippen molar-refractivity contribution in [3.63, 3.8) is 0 Å². The van der Waals surface area contributed by atoms with E-state index in [2.05, 4.69) is 40.2 Å². The van der Waals surface area contributed by atoms with Crippen molar-refractivity contribution in [1.29, 1.82) is 0 Å². The number of hydrogen-bond acceptors (Lipinski definition) is 4. The molecule has 0 spiro atoms. The second-order valence-corrected chi connectivity index (χ2v) is 12.7. The first-order chi connectivity index (χ1) is 17.7. The molecule has 0 bridgehead atoms. The maximum absolute atomic E-state index is 12.1. The van der Waals surface area contributed by atoms with Gasteiger partial charge in [-0.2, -0.15) is 0 Å². The largest absolute Gasteiger partial charge is 0.385 e. The average molecular weight is 514 g/mol. The Hall–Kier alpha value is -1.69. The zero-order chi connectivity index (χ0) is 25.0. The number of carbonyl (C=O) groups excluding carboxylic acids is 2. The smallest absolute Gasteiger partial charge is 0.322 e. The SMILES string of the molecule is O=C1NC(=O)C(C2CCCCC(Sc3ccc(NCC4CCCCCCCCCC4)cc3)CCC2)N1. The van der Waals surface area contributed by atoms with E-state index in [9.17, 15) is 9.59 Å². The molecule has 3 N–H and O–H groups in total. The van der Waals surface area contributed by atoms with Gasteiger partial charge in [0.1, 0.15) is 6.04 Å². The number of carbonyl (C=O) groups is 2. The molecule has 1 heterocycles.